The number of pyridine rings is 1. The number of hydrogen-bond acceptors (Lipinski definition) is 3. The Kier molecular flexibility index (Phi) is 4.33. The van der Waals surface area contributed by atoms with Gasteiger partial charge in [0.15, 0.2) is 0 Å². The van der Waals surface area contributed by atoms with E-state index in [0.29, 0.717) is 6.61 Å². The average molecular weight is 307 g/mol. The standard InChI is InChI=1S/C14H15BrN2O/c1-10(16)13-8-12(15)2-3-14(13)18-9-11-4-6-17-7-5-11/h2-8,10H,9,16H2,1H3/t10-/m1/s1. The van der Waals surface area contributed by atoms with Crippen molar-refractivity contribution >= 4 is 15.9 Å². The molecule has 0 aliphatic heterocycles. The molecule has 0 fully saturated rings. The van der Waals surface area contributed by atoms with Gasteiger partial charge in [-0.2, -0.15) is 0 Å². The first-order chi connectivity index (χ1) is 8.66. The number of benzene rings is 1. The van der Waals surface area contributed by atoms with Crippen LogP contribution >= 0.6 is 15.9 Å². The zero-order chi connectivity index (χ0) is 13.0. The van der Waals surface area contributed by atoms with E-state index in [1.54, 1.807) is 12.4 Å². The summed E-state index contributed by atoms with van der Waals surface area (Å²) >= 11 is 3.44. The lowest BCUT2D eigenvalue weighted by atomic mass is 10.1. The quantitative estimate of drug-likeness (QED) is 0.941. The molecule has 2 aromatic rings. The predicted molar refractivity (Wildman–Crippen MR) is 75.3 cm³/mol. The summed E-state index contributed by atoms with van der Waals surface area (Å²) in [7, 11) is 0. The molecular formula is C14H15BrN2O. The Hall–Kier alpha value is -1.39. The molecule has 1 aromatic carbocycles. The van der Waals surface area contributed by atoms with Crippen LogP contribution < -0.4 is 10.5 Å². The van der Waals surface area contributed by atoms with Crippen LogP contribution in [0.25, 0.3) is 0 Å². The fourth-order valence-corrected chi connectivity index (χ4v) is 2.03. The van der Waals surface area contributed by atoms with Gasteiger partial charge in [0.2, 0.25) is 0 Å². The first-order valence-corrected chi connectivity index (χ1v) is 6.53. The number of ether oxygens (including phenoxy) is 1. The van der Waals surface area contributed by atoms with Crippen LogP contribution in [0.4, 0.5) is 0 Å². The van der Waals surface area contributed by atoms with Crippen molar-refractivity contribution < 1.29 is 4.74 Å². The number of nitrogens with two attached hydrogens (primary N) is 1. The lowest BCUT2D eigenvalue weighted by molar-refractivity contribution is 0.301. The second kappa shape index (κ2) is 5.98. The maximum Gasteiger partial charge on any atom is 0.124 e. The minimum Gasteiger partial charge on any atom is -0.489 e. The normalized spacial score (nSPS) is 12.2. The third-order valence-corrected chi connectivity index (χ3v) is 3.10. The fourth-order valence-electron chi connectivity index (χ4n) is 1.65. The number of nitrogens with zero attached hydrogens (tertiary/aromatic N) is 1. The van der Waals surface area contributed by atoms with Crippen molar-refractivity contribution in [3.8, 4) is 5.75 Å². The molecule has 0 spiro atoms. The van der Waals surface area contributed by atoms with E-state index in [1.165, 1.54) is 0 Å². The first kappa shape index (κ1) is 13.1. The molecule has 0 saturated carbocycles. The minimum absolute atomic E-state index is 0.0602. The third-order valence-electron chi connectivity index (χ3n) is 2.61. The molecule has 0 aliphatic rings. The molecule has 0 aliphatic carbocycles. The highest BCUT2D eigenvalue weighted by molar-refractivity contribution is 9.10. The van der Waals surface area contributed by atoms with E-state index in [9.17, 15) is 0 Å². The molecule has 94 valence electrons. The lowest BCUT2D eigenvalue weighted by Crippen LogP contribution is -2.08. The summed E-state index contributed by atoms with van der Waals surface area (Å²) in [5.74, 6) is 0.824. The highest BCUT2D eigenvalue weighted by Gasteiger charge is 2.08. The van der Waals surface area contributed by atoms with Crippen molar-refractivity contribution in [2.75, 3.05) is 0 Å². The van der Waals surface area contributed by atoms with Gasteiger partial charge in [-0.3, -0.25) is 4.98 Å². The van der Waals surface area contributed by atoms with Gasteiger partial charge in [0.1, 0.15) is 12.4 Å². The Morgan fingerprint density at radius 2 is 2.00 bits per heavy atom. The molecule has 0 saturated heterocycles. The van der Waals surface area contributed by atoms with Gasteiger partial charge in [-0.15, -0.1) is 0 Å². The monoisotopic (exact) mass is 306 g/mol. The van der Waals surface area contributed by atoms with Crippen LogP contribution in [0.2, 0.25) is 0 Å². The Morgan fingerprint density at radius 1 is 1.28 bits per heavy atom. The van der Waals surface area contributed by atoms with Crippen molar-refractivity contribution in [3.63, 3.8) is 0 Å². The Morgan fingerprint density at radius 3 is 2.67 bits per heavy atom. The third kappa shape index (κ3) is 3.31. The number of aromatic nitrogens is 1. The van der Waals surface area contributed by atoms with E-state index >= 15 is 0 Å². The second-order valence-electron chi connectivity index (χ2n) is 4.11. The van der Waals surface area contributed by atoms with Crippen molar-refractivity contribution in [2.24, 2.45) is 5.73 Å². The van der Waals surface area contributed by atoms with E-state index in [1.807, 2.05) is 37.3 Å². The molecule has 1 heterocycles. The van der Waals surface area contributed by atoms with Gasteiger partial charge in [-0.05, 0) is 42.8 Å². The Labute approximate surface area is 115 Å². The molecule has 0 radical (unpaired) electrons. The van der Waals surface area contributed by atoms with Crippen LogP contribution in [0.5, 0.6) is 5.75 Å². The SMILES string of the molecule is C[C@@H](N)c1cc(Br)ccc1OCc1ccncc1. The van der Waals surface area contributed by atoms with Gasteiger partial charge in [0, 0.05) is 28.5 Å². The van der Waals surface area contributed by atoms with Crippen LogP contribution in [0.15, 0.2) is 47.2 Å². The predicted octanol–water partition coefficient (Wildman–Crippen LogP) is 3.44. The summed E-state index contributed by atoms with van der Waals surface area (Å²) in [6.07, 6.45) is 3.51. The molecule has 3 nitrogen and oxygen atoms in total. The smallest absolute Gasteiger partial charge is 0.124 e. The highest BCUT2D eigenvalue weighted by Crippen LogP contribution is 2.28. The first-order valence-electron chi connectivity index (χ1n) is 5.73. The molecule has 0 bridgehead atoms. The van der Waals surface area contributed by atoms with Gasteiger partial charge in [0.05, 0.1) is 0 Å². The largest absolute Gasteiger partial charge is 0.489 e. The van der Waals surface area contributed by atoms with E-state index in [2.05, 4.69) is 20.9 Å². The number of rotatable bonds is 4. The molecule has 18 heavy (non-hydrogen) atoms. The van der Waals surface area contributed by atoms with E-state index < -0.39 is 0 Å². The van der Waals surface area contributed by atoms with Crippen LogP contribution in [0, 0.1) is 0 Å². The van der Waals surface area contributed by atoms with Crippen LogP contribution in [0.3, 0.4) is 0 Å². The van der Waals surface area contributed by atoms with Gasteiger partial charge in [0.25, 0.3) is 0 Å². The lowest BCUT2D eigenvalue weighted by Gasteiger charge is -2.14. The second-order valence-corrected chi connectivity index (χ2v) is 5.03. The maximum absolute atomic E-state index is 5.94. The zero-order valence-electron chi connectivity index (χ0n) is 10.1. The molecule has 1 atom stereocenters. The number of halogens is 1. The maximum atomic E-state index is 5.94. The van der Waals surface area contributed by atoms with Gasteiger partial charge < -0.3 is 10.5 Å². The summed E-state index contributed by atoms with van der Waals surface area (Å²) in [6, 6.07) is 9.69. The van der Waals surface area contributed by atoms with Crippen LogP contribution in [0.1, 0.15) is 24.1 Å². The average Bonchev–Trinajstić information content (AvgIpc) is 2.38. The minimum atomic E-state index is -0.0602. The summed E-state index contributed by atoms with van der Waals surface area (Å²) in [6.45, 7) is 2.46. The van der Waals surface area contributed by atoms with Gasteiger partial charge >= 0.3 is 0 Å². The Balaban J connectivity index is 2.14. The van der Waals surface area contributed by atoms with Gasteiger partial charge in [-0.25, -0.2) is 0 Å². The summed E-state index contributed by atoms with van der Waals surface area (Å²) < 4.78 is 6.82. The molecule has 1 aromatic heterocycles. The number of hydrogen-bond donors (Lipinski definition) is 1. The van der Waals surface area contributed by atoms with E-state index in [0.717, 1.165) is 21.3 Å². The summed E-state index contributed by atoms with van der Waals surface area (Å²) in [4.78, 5) is 3.98. The molecule has 0 unspecified atom stereocenters. The molecule has 2 rings (SSSR count). The van der Waals surface area contributed by atoms with E-state index in [-0.39, 0.29) is 6.04 Å². The zero-order valence-corrected chi connectivity index (χ0v) is 11.7. The fraction of sp³-hybridized carbons (Fsp3) is 0.214. The van der Waals surface area contributed by atoms with Crippen LogP contribution in [-0.4, -0.2) is 4.98 Å². The van der Waals surface area contributed by atoms with Crippen molar-refractivity contribution in [3.05, 3.63) is 58.3 Å². The van der Waals surface area contributed by atoms with Crippen molar-refractivity contribution in [2.45, 2.75) is 19.6 Å². The molecule has 2 N–H and O–H groups in total. The highest BCUT2D eigenvalue weighted by atomic mass is 79.9. The topological polar surface area (TPSA) is 48.1 Å². The summed E-state index contributed by atoms with van der Waals surface area (Å²) in [5, 5.41) is 0. The molecular weight excluding hydrogens is 292 g/mol. The van der Waals surface area contributed by atoms with Crippen molar-refractivity contribution in [1.82, 2.24) is 4.98 Å². The van der Waals surface area contributed by atoms with Crippen molar-refractivity contribution in [1.29, 1.82) is 0 Å². The molecule has 0 amide bonds. The Bertz CT molecular complexity index is 514. The van der Waals surface area contributed by atoms with E-state index in [4.69, 9.17) is 10.5 Å². The van der Waals surface area contributed by atoms with Gasteiger partial charge in [-0.1, -0.05) is 15.9 Å². The van der Waals surface area contributed by atoms with Crippen LogP contribution in [-0.2, 0) is 6.61 Å². The summed E-state index contributed by atoms with van der Waals surface area (Å²) in [5.41, 5.74) is 8.03. The molecule has 4 heteroatoms.